The number of para-hydroxylation sites is 2. The van der Waals surface area contributed by atoms with Gasteiger partial charge in [0.25, 0.3) is 0 Å². The Kier molecular flexibility index (Phi) is 4.54. The number of halogens is 3. The highest BCUT2D eigenvalue weighted by atomic mass is 35.5. The van der Waals surface area contributed by atoms with Gasteiger partial charge in [-0.1, -0.05) is 23.7 Å². The van der Waals surface area contributed by atoms with Crippen molar-refractivity contribution in [3.8, 4) is 5.75 Å². The van der Waals surface area contributed by atoms with Crippen LogP contribution in [0.4, 0.5) is 20.3 Å². The second-order valence-corrected chi connectivity index (χ2v) is 4.24. The highest BCUT2D eigenvalue weighted by molar-refractivity contribution is 6.33. The number of carboxylic acids is 1. The molecule has 5 nitrogen and oxygen atoms in total. The van der Waals surface area contributed by atoms with E-state index >= 15 is 0 Å². The molecule has 0 bridgehead atoms. The normalized spacial score (nSPS) is 10.5. The molecule has 0 atom stereocenters. The van der Waals surface area contributed by atoms with Crippen LogP contribution in [0.25, 0.3) is 0 Å². The van der Waals surface area contributed by atoms with Crippen LogP contribution >= 0.6 is 11.6 Å². The molecule has 2 aromatic rings. The number of carboxylic acid groups (broad SMARTS) is 1. The van der Waals surface area contributed by atoms with Crippen molar-refractivity contribution >= 4 is 29.1 Å². The third-order valence-corrected chi connectivity index (χ3v) is 2.72. The lowest BCUT2D eigenvalue weighted by atomic mass is 10.3. The number of alkyl halides is 2. The first-order valence-electron chi connectivity index (χ1n) is 5.68. The van der Waals surface area contributed by atoms with Gasteiger partial charge in [-0.3, -0.25) is 0 Å². The molecule has 0 unspecified atom stereocenters. The van der Waals surface area contributed by atoms with Crippen molar-refractivity contribution in [1.82, 2.24) is 4.98 Å². The number of hydrogen-bond donors (Lipinski definition) is 2. The summed E-state index contributed by atoms with van der Waals surface area (Å²) in [5.74, 6) is -1.23. The Hall–Kier alpha value is -2.41. The monoisotopic (exact) mass is 314 g/mol. The van der Waals surface area contributed by atoms with Crippen LogP contribution in [0.3, 0.4) is 0 Å². The summed E-state index contributed by atoms with van der Waals surface area (Å²) in [5.41, 5.74) is -0.113. The summed E-state index contributed by atoms with van der Waals surface area (Å²) in [7, 11) is 0. The fourth-order valence-electron chi connectivity index (χ4n) is 1.57. The number of benzene rings is 1. The molecule has 1 aromatic heterocycles. The average Bonchev–Trinajstić information content (AvgIpc) is 2.42. The molecular weight excluding hydrogens is 306 g/mol. The minimum Gasteiger partial charge on any atom is -0.476 e. The Bertz CT molecular complexity index is 668. The van der Waals surface area contributed by atoms with Gasteiger partial charge in [-0.25, -0.2) is 9.78 Å². The Labute approximate surface area is 123 Å². The first-order chi connectivity index (χ1) is 9.97. The van der Waals surface area contributed by atoms with Crippen molar-refractivity contribution in [2.24, 2.45) is 0 Å². The molecule has 21 heavy (non-hydrogen) atoms. The number of rotatable bonds is 5. The SMILES string of the molecule is O=C(O)c1nc(Nc2ccccc2OC(F)F)ccc1Cl. The number of hydrogen-bond acceptors (Lipinski definition) is 4. The van der Waals surface area contributed by atoms with E-state index in [1.54, 1.807) is 6.07 Å². The molecule has 0 aliphatic carbocycles. The first kappa shape index (κ1) is 15.0. The van der Waals surface area contributed by atoms with Gasteiger partial charge in [-0.05, 0) is 24.3 Å². The lowest BCUT2D eigenvalue weighted by molar-refractivity contribution is -0.0493. The third-order valence-electron chi connectivity index (χ3n) is 2.41. The van der Waals surface area contributed by atoms with Crippen molar-refractivity contribution in [2.45, 2.75) is 6.61 Å². The average molecular weight is 315 g/mol. The number of aromatic nitrogens is 1. The molecule has 0 aliphatic heterocycles. The molecular formula is C13H9ClF2N2O3. The highest BCUT2D eigenvalue weighted by Gasteiger charge is 2.13. The minimum absolute atomic E-state index is 0.0230. The summed E-state index contributed by atoms with van der Waals surface area (Å²) < 4.78 is 29.0. The number of ether oxygens (including phenoxy) is 1. The zero-order valence-corrected chi connectivity index (χ0v) is 11.1. The maximum absolute atomic E-state index is 12.3. The van der Waals surface area contributed by atoms with Crippen molar-refractivity contribution < 1.29 is 23.4 Å². The largest absolute Gasteiger partial charge is 0.476 e. The summed E-state index contributed by atoms with van der Waals surface area (Å²) in [5, 5.41) is 11.6. The summed E-state index contributed by atoms with van der Waals surface area (Å²) >= 11 is 5.70. The Morgan fingerprint density at radius 3 is 2.67 bits per heavy atom. The van der Waals surface area contributed by atoms with E-state index in [0.717, 1.165) is 0 Å². The summed E-state index contributed by atoms with van der Waals surface area (Å²) in [6.07, 6.45) is 0. The molecule has 2 rings (SSSR count). The van der Waals surface area contributed by atoms with Crippen LogP contribution in [0.1, 0.15) is 10.5 Å². The van der Waals surface area contributed by atoms with E-state index in [2.05, 4.69) is 15.0 Å². The molecule has 110 valence electrons. The van der Waals surface area contributed by atoms with E-state index in [1.807, 2.05) is 0 Å². The van der Waals surface area contributed by atoms with Crippen molar-refractivity contribution in [3.63, 3.8) is 0 Å². The maximum Gasteiger partial charge on any atom is 0.387 e. The van der Waals surface area contributed by atoms with E-state index in [0.29, 0.717) is 0 Å². The van der Waals surface area contributed by atoms with Crippen molar-refractivity contribution in [2.75, 3.05) is 5.32 Å². The maximum atomic E-state index is 12.3. The number of carbonyl (C=O) groups is 1. The predicted molar refractivity (Wildman–Crippen MR) is 72.6 cm³/mol. The molecule has 1 aromatic carbocycles. The predicted octanol–water partition coefficient (Wildman–Crippen LogP) is 3.78. The zero-order chi connectivity index (χ0) is 15.4. The van der Waals surface area contributed by atoms with Crippen LogP contribution in [-0.2, 0) is 0 Å². The van der Waals surface area contributed by atoms with E-state index in [9.17, 15) is 13.6 Å². The van der Waals surface area contributed by atoms with Gasteiger partial charge in [0.05, 0.1) is 10.7 Å². The van der Waals surface area contributed by atoms with Crippen LogP contribution in [0.2, 0.25) is 5.02 Å². The number of aromatic carboxylic acids is 1. The van der Waals surface area contributed by atoms with Gasteiger partial charge in [-0.2, -0.15) is 8.78 Å². The summed E-state index contributed by atoms with van der Waals surface area (Å²) in [4.78, 5) is 14.7. The highest BCUT2D eigenvalue weighted by Crippen LogP contribution is 2.28. The number of pyridine rings is 1. The topological polar surface area (TPSA) is 71.5 Å². The number of anilines is 2. The van der Waals surface area contributed by atoms with Gasteiger partial charge < -0.3 is 15.2 Å². The van der Waals surface area contributed by atoms with Crippen LogP contribution in [0, 0.1) is 0 Å². The molecule has 0 aliphatic rings. The van der Waals surface area contributed by atoms with Gasteiger partial charge in [0.15, 0.2) is 5.69 Å². The molecule has 2 N–H and O–H groups in total. The second kappa shape index (κ2) is 6.36. The van der Waals surface area contributed by atoms with Gasteiger partial charge in [0, 0.05) is 0 Å². The Morgan fingerprint density at radius 1 is 1.29 bits per heavy atom. The van der Waals surface area contributed by atoms with Crippen LogP contribution in [-0.4, -0.2) is 22.7 Å². The van der Waals surface area contributed by atoms with Crippen molar-refractivity contribution in [1.29, 1.82) is 0 Å². The van der Waals surface area contributed by atoms with Crippen LogP contribution in [0.15, 0.2) is 36.4 Å². The third kappa shape index (κ3) is 3.79. The Morgan fingerprint density at radius 2 is 2.00 bits per heavy atom. The summed E-state index contributed by atoms with van der Waals surface area (Å²) in [6, 6.07) is 8.75. The molecule has 8 heteroatoms. The van der Waals surface area contributed by atoms with Crippen molar-refractivity contribution in [3.05, 3.63) is 47.1 Å². The van der Waals surface area contributed by atoms with E-state index < -0.39 is 12.6 Å². The number of nitrogens with one attached hydrogen (secondary N) is 1. The Balaban J connectivity index is 2.30. The first-order valence-corrected chi connectivity index (χ1v) is 6.06. The number of nitrogens with zero attached hydrogens (tertiary/aromatic N) is 1. The lowest BCUT2D eigenvalue weighted by Gasteiger charge is -2.12. The molecule has 0 spiro atoms. The smallest absolute Gasteiger partial charge is 0.387 e. The lowest BCUT2D eigenvalue weighted by Crippen LogP contribution is -2.06. The van der Waals surface area contributed by atoms with E-state index in [4.69, 9.17) is 16.7 Å². The van der Waals surface area contributed by atoms with Crippen LogP contribution < -0.4 is 10.1 Å². The van der Waals surface area contributed by atoms with Gasteiger partial charge in [-0.15, -0.1) is 0 Å². The minimum atomic E-state index is -2.97. The fourth-order valence-corrected chi connectivity index (χ4v) is 1.75. The van der Waals surface area contributed by atoms with Gasteiger partial charge in [0.2, 0.25) is 0 Å². The molecule has 0 radical (unpaired) electrons. The molecule has 0 saturated carbocycles. The zero-order valence-electron chi connectivity index (χ0n) is 10.4. The fraction of sp³-hybridized carbons (Fsp3) is 0.0769. The molecule has 0 fully saturated rings. The molecule has 1 heterocycles. The van der Waals surface area contributed by atoms with Gasteiger partial charge in [0.1, 0.15) is 11.6 Å². The summed E-state index contributed by atoms with van der Waals surface area (Å²) in [6.45, 7) is -2.97. The molecule has 0 amide bonds. The molecule has 0 saturated heterocycles. The van der Waals surface area contributed by atoms with E-state index in [-0.39, 0.29) is 28.0 Å². The van der Waals surface area contributed by atoms with Gasteiger partial charge >= 0.3 is 12.6 Å². The van der Waals surface area contributed by atoms with Crippen LogP contribution in [0.5, 0.6) is 5.75 Å². The van der Waals surface area contributed by atoms with E-state index in [1.165, 1.54) is 30.3 Å². The second-order valence-electron chi connectivity index (χ2n) is 3.83. The quantitative estimate of drug-likeness (QED) is 0.878. The standard InChI is InChI=1S/C13H9ClF2N2O3/c14-7-5-6-10(18-11(7)12(19)20)17-8-3-1-2-4-9(8)21-13(15)16/h1-6,13H,(H,17,18)(H,19,20).